The predicted octanol–water partition coefficient (Wildman–Crippen LogP) is 0.407. The van der Waals surface area contributed by atoms with E-state index in [4.69, 9.17) is 9.57 Å². The number of oxime groups is 1. The van der Waals surface area contributed by atoms with Gasteiger partial charge in [0.25, 0.3) is 0 Å². The molecule has 2 rings (SSSR count). The van der Waals surface area contributed by atoms with Crippen molar-refractivity contribution in [3.63, 3.8) is 0 Å². The molecule has 50 valence electrons. The summed E-state index contributed by atoms with van der Waals surface area (Å²) in [6, 6.07) is 0. The van der Waals surface area contributed by atoms with E-state index in [0.717, 1.165) is 12.3 Å². The lowest BCUT2D eigenvalue weighted by Gasteiger charge is -2.05. The van der Waals surface area contributed by atoms with Crippen LogP contribution in [0.3, 0.4) is 0 Å². The molecule has 1 saturated heterocycles. The van der Waals surface area contributed by atoms with Gasteiger partial charge in [-0.15, -0.1) is 0 Å². The molecule has 9 heavy (non-hydrogen) atoms. The Morgan fingerprint density at radius 3 is 3.33 bits per heavy atom. The van der Waals surface area contributed by atoms with Crippen LogP contribution >= 0.6 is 0 Å². The number of nitrogens with zero attached hydrogens (tertiary/aromatic N) is 1. The fourth-order valence-electron chi connectivity index (χ4n) is 1.24. The molecule has 2 heterocycles. The summed E-state index contributed by atoms with van der Waals surface area (Å²) in [5.74, 6) is 0.449. The molecule has 3 nitrogen and oxygen atoms in total. The summed E-state index contributed by atoms with van der Waals surface area (Å²) < 4.78 is 5.31. The lowest BCUT2D eigenvalue weighted by molar-refractivity contribution is 0.0623. The van der Waals surface area contributed by atoms with Gasteiger partial charge < -0.3 is 9.57 Å². The highest BCUT2D eigenvalue weighted by atomic mass is 16.6. The van der Waals surface area contributed by atoms with Crippen LogP contribution in [-0.4, -0.2) is 25.0 Å². The van der Waals surface area contributed by atoms with Gasteiger partial charge in [0.2, 0.25) is 0 Å². The smallest absolute Gasteiger partial charge is 0.127 e. The average Bonchev–Trinajstić information content (AvgIpc) is 2.35. The Kier molecular flexibility index (Phi) is 0.990. The number of hydrogen-bond donors (Lipinski definition) is 0. The monoisotopic (exact) mass is 127 g/mol. The van der Waals surface area contributed by atoms with E-state index >= 15 is 0 Å². The number of ether oxygens (including phenoxy) is 1. The van der Waals surface area contributed by atoms with Crippen molar-refractivity contribution in [1.82, 2.24) is 0 Å². The first kappa shape index (κ1) is 5.23. The molecular weight excluding hydrogens is 118 g/mol. The summed E-state index contributed by atoms with van der Waals surface area (Å²) in [7, 11) is 0. The van der Waals surface area contributed by atoms with Crippen LogP contribution in [0.1, 0.15) is 6.92 Å². The fourth-order valence-corrected chi connectivity index (χ4v) is 1.24. The van der Waals surface area contributed by atoms with Crippen LogP contribution in [0.25, 0.3) is 0 Å². The zero-order chi connectivity index (χ0) is 6.27. The Morgan fingerprint density at radius 1 is 1.67 bits per heavy atom. The number of fused-ring (bicyclic) bond motifs is 1. The van der Waals surface area contributed by atoms with Crippen LogP contribution < -0.4 is 0 Å². The van der Waals surface area contributed by atoms with E-state index in [-0.39, 0.29) is 0 Å². The maximum absolute atomic E-state index is 5.31. The van der Waals surface area contributed by atoms with Gasteiger partial charge in [0.05, 0.1) is 24.3 Å². The first-order valence-corrected chi connectivity index (χ1v) is 3.18. The SMILES string of the molecule is C[C@H]1OCC2=NOC[C@@H]21. The molecule has 3 heteroatoms. The van der Waals surface area contributed by atoms with Gasteiger partial charge in [0.1, 0.15) is 6.61 Å². The van der Waals surface area contributed by atoms with Gasteiger partial charge in [-0.25, -0.2) is 0 Å². The maximum Gasteiger partial charge on any atom is 0.127 e. The van der Waals surface area contributed by atoms with Crippen molar-refractivity contribution in [2.24, 2.45) is 11.1 Å². The lowest BCUT2D eigenvalue weighted by atomic mass is 10.0. The maximum atomic E-state index is 5.31. The third kappa shape index (κ3) is 0.645. The van der Waals surface area contributed by atoms with E-state index in [1.165, 1.54) is 0 Å². The molecule has 0 aromatic rings. The van der Waals surface area contributed by atoms with Crippen LogP contribution in [0, 0.1) is 5.92 Å². The van der Waals surface area contributed by atoms with Crippen molar-refractivity contribution in [2.75, 3.05) is 13.2 Å². The predicted molar refractivity (Wildman–Crippen MR) is 32.3 cm³/mol. The van der Waals surface area contributed by atoms with Gasteiger partial charge in [0.15, 0.2) is 0 Å². The van der Waals surface area contributed by atoms with Gasteiger partial charge in [-0.1, -0.05) is 5.16 Å². The van der Waals surface area contributed by atoms with E-state index < -0.39 is 0 Å². The molecule has 0 aliphatic carbocycles. The van der Waals surface area contributed by atoms with Crippen LogP contribution in [-0.2, 0) is 9.57 Å². The van der Waals surface area contributed by atoms with Gasteiger partial charge in [-0.05, 0) is 6.92 Å². The Morgan fingerprint density at radius 2 is 2.56 bits per heavy atom. The first-order chi connectivity index (χ1) is 4.38. The summed E-state index contributed by atoms with van der Waals surface area (Å²) in [5, 5.41) is 3.84. The quantitative estimate of drug-likeness (QED) is 0.471. The highest BCUT2D eigenvalue weighted by Gasteiger charge is 2.35. The molecule has 0 spiro atoms. The Bertz CT molecular complexity index is 155. The summed E-state index contributed by atoms with van der Waals surface area (Å²) in [6.45, 7) is 3.45. The van der Waals surface area contributed by atoms with E-state index in [1.54, 1.807) is 0 Å². The number of hydrogen-bond acceptors (Lipinski definition) is 3. The van der Waals surface area contributed by atoms with E-state index in [9.17, 15) is 0 Å². The van der Waals surface area contributed by atoms with Crippen molar-refractivity contribution in [1.29, 1.82) is 0 Å². The normalized spacial score (nSPS) is 39.9. The molecule has 0 aromatic carbocycles. The molecule has 1 fully saturated rings. The molecule has 0 unspecified atom stereocenters. The Balaban J connectivity index is 2.20. The zero-order valence-corrected chi connectivity index (χ0v) is 5.33. The van der Waals surface area contributed by atoms with Crippen molar-refractivity contribution in [2.45, 2.75) is 13.0 Å². The third-order valence-corrected chi connectivity index (χ3v) is 1.92. The number of rotatable bonds is 0. The van der Waals surface area contributed by atoms with Crippen molar-refractivity contribution >= 4 is 5.71 Å². The van der Waals surface area contributed by atoms with Crippen LogP contribution in [0.15, 0.2) is 5.16 Å². The van der Waals surface area contributed by atoms with Crippen molar-refractivity contribution in [3.05, 3.63) is 0 Å². The standard InChI is InChI=1S/C6H9NO2/c1-4-5-2-9-7-6(5)3-8-4/h4-5H,2-3H2,1H3/t4-,5-/m1/s1. The summed E-state index contributed by atoms with van der Waals surface area (Å²) >= 11 is 0. The molecule has 0 bridgehead atoms. The molecule has 0 radical (unpaired) electrons. The minimum atomic E-state index is 0.311. The van der Waals surface area contributed by atoms with E-state index in [2.05, 4.69) is 12.1 Å². The Labute approximate surface area is 53.6 Å². The van der Waals surface area contributed by atoms with E-state index in [0.29, 0.717) is 18.6 Å². The van der Waals surface area contributed by atoms with Crippen LogP contribution in [0.5, 0.6) is 0 Å². The molecule has 0 saturated carbocycles. The third-order valence-electron chi connectivity index (χ3n) is 1.92. The van der Waals surface area contributed by atoms with Gasteiger partial charge in [0, 0.05) is 0 Å². The van der Waals surface area contributed by atoms with E-state index in [1.807, 2.05) is 0 Å². The molecule has 0 N–H and O–H groups in total. The second-order valence-electron chi connectivity index (χ2n) is 2.50. The summed E-state index contributed by atoms with van der Waals surface area (Å²) in [5.41, 5.74) is 1.09. The van der Waals surface area contributed by atoms with Gasteiger partial charge in [-0.2, -0.15) is 0 Å². The van der Waals surface area contributed by atoms with Crippen molar-refractivity contribution < 1.29 is 9.57 Å². The fraction of sp³-hybridized carbons (Fsp3) is 0.833. The topological polar surface area (TPSA) is 30.8 Å². The zero-order valence-electron chi connectivity index (χ0n) is 5.33. The highest BCUT2D eigenvalue weighted by Crippen LogP contribution is 2.22. The van der Waals surface area contributed by atoms with Crippen LogP contribution in [0.4, 0.5) is 0 Å². The molecule has 0 amide bonds. The summed E-state index contributed by atoms with van der Waals surface area (Å²) in [4.78, 5) is 4.89. The second-order valence-corrected chi connectivity index (χ2v) is 2.50. The largest absolute Gasteiger partial charge is 0.395 e. The summed E-state index contributed by atoms with van der Waals surface area (Å²) in [6.07, 6.45) is 0.311. The molecular formula is C6H9NO2. The lowest BCUT2D eigenvalue weighted by Crippen LogP contribution is -2.17. The minimum absolute atomic E-state index is 0.311. The van der Waals surface area contributed by atoms with Gasteiger partial charge >= 0.3 is 0 Å². The molecule has 2 atom stereocenters. The minimum Gasteiger partial charge on any atom is -0.395 e. The van der Waals surface area contributed by atoms with Crippen LogP contribution in [0.2, 0.25) is 0 Å². The Hall–Kier alpha value is -0.570. The average molecular weight is 127 g/mol. The van der Waals surface area contributed by atoms with Crippen molar-refractivity contribution in [3.8, 4) is 0 Å². The first-order valence-electron chi connectivity index (χ1n) is 3.18. The second kappa shape index (κ2) is 1.70. The molecule has 2 aliphatic heterocycles. The highest BCUT2D eigenvalue weighted by molar-refractivity contribution is 5.90. The molecule has 0 aromatic heterocycles. The molecule has 2 aliphatic rings. The van der Waals surface area contributed by atoms with Gasteiger partial charge in [-0.3, -0.25) is 0 Å².